The molecule has 0 unspecified atom stereocenters. The summed E-state index contributed by atoms with van der Waals surface area (Å²) in [5.74, 6) is 0. The Morgan fingerprint density at radius 2 is 1.94 bits per heavy atom. The van der Waals surface area contributed by atoms with Crippen LogP contribution in [0.5, 0.6) is 0 Å². The van der Waals surface area contributed by atoms with Gasteiger partial charge in [0.2, 0.25) is 0 Å². The molecule has 1 aromatic carbocycles. The number of benzene rings is 1. The first-order valence-corrected chi connectivity index (χ1v) is 5.67. The number of halogens is 4. The van der Waals surface area contributed by atoms with Crippen molar-refractivity contribution in [2.24, 2.45) is 0 Å². The van der Waals surface area contributed by atoms with Crippen LogP contribution in [0.1, 0.15) is 11.3 Å². The molecule has 0 N–H and O–H groups in total. The lowest BCUT2D eigenvalue weighted by atomic mass is 10.1. The van der Waals surface area contributed by atoms with Crippen LogP contribution in [-0.2, 0) is 6.18 Å². The summed E-state index contributed by atoms with van der Waals surface area (Å²) in [6.45, 7) is 0. The summed E-state index contributed by atoms with van der Waals surface area (Å²) in [7, 11) is 0. The lowest BCUT2D eigenvalue weighted by molar-refractivity contribution is -0.137. The first-order chi connectivity index (χ1) is 8.43. The summed E-state index contributed by atoms with van der Waals surface area (Å²) in [4.78, 5) is 0. The predicted molar refractivity (Wildman–Crippen MR) is 63.2 cm³/mol. The fourth-order valence-corrected chi connectivity index (χ4v) is 1.97. The molecule has 1 aromatic heterocycles. The van der Waals surface area contributed by atoms with Gasteiger partial charge in [-0.1, -0.05) is 15.9 Å². The van der Waals surface area contributed by atoms with Crippen LogP contribution in [-0.4, -0.2) is 4.57 Å². The molecule has 92 valence electrons. The summed E-state index contributed by atoms with van der Waals surface area (Å²) in [5.41, 5.74) is -0.699. The van der Waals surface area contributed by atoms with E-state index >= 15 is 0 Å². The van der Waals surface area contributed by atoms with Crippen molar-refractivity contribution in [3.63, 3.8) is 0 Å². The van der Waals surface area contributed by atoms with Gasteiger partial charge in [0.15, 0.2) is 0 Å². The van der Waals surface area contributed by atoms with Crippen LogP contribution in [0.15, 0.2) is 41.0 Å². The molecule has 0 saturated carbocycles. The van der Waals surface area contributed by atoms with Crippen molar-refractivity contribution in [2.75, 3.05) is 0 Å². The van der Waals surface area contributed by atoms with Gasteiger partial charge in [0.1, 0.15) is 11.8 Å². The highest BCUT2D eigenvalue weighted by atomic mass is 79.9. The van der Waals surface area contributed by atoms with E-state index in [4.69, 9.17) is 5.26 Å². The van der Waals surface area contributed by atoms with E-state index in [1.54, 1.807) is 0 Å². The van der Waals surface area contributed by atoms with Crippen molar-refractivity contribution < 1.29 is 13.2 Å². The average molecular weight is 315 g/mol. The maximum Gasteiger partial charge on any atom is 0.418 e. The molecule has 0 atom stereocenters. The highest BCUT2D eigenvalue weighted by Gasteiger charge is 2.34. The van der Waals surface area contributed by atoms with Gasteiger partial charge in [-0.05, 0) is 30.3 Å². The summed E-state index contributed by atoms with van der Waals surface area (Å²) < 4.78 is 40.4. The molecule has 6 heteroatoms. The monoisotopic (exact) mass is 314 g/mol. The Morgan fingerprint density at radius 3 is 2.56 bits per heavy atom. The minimum Gasteiger partial charge on any atom is -0.308 e. The summed E-state index contributed by atoms with van der Waals surface area (Å²) in [5, 5.41) is 8.87. The van der Waals surface area contributed by atoms with Crippen LogP contribution < -0.4 is 0 Å². The van der Waals surface area contributed by atoms with E-state index in [2.05, 4.69) is 15.9 Å². The van der Waals surface area contributed by atoms with Gasteiger partial charge in [-0.15, -0.1) is 0 Å². The van der Waals surface area contributed by atoms with Crippen LogP contribution >= 0.6 is 15.9 Å². The third kappa shape index (κ3) is 2.27. The van der Waals surface area contributed by atoms with Crippen molar-refractivity contribution in [2.45, 2.75) is 6.18 Å². The van der Waals surface area contributed by atoms with Crippen molar-refractivity contribution in [1.29, 1.82) is 5.26 Å². The first-order valence-electron chi connectivity index (χ1n) is 4.88. The second-order valence-corrected chi connectivity index (χ2v) is 4.45. The fraction of sp³-hybridized carbons (Fsp3) is 0.0833. The maximum absolute atomic E-state index is 12.9. The minimum absolute atomic E-state index is 0.0709. The summed E-state index contributed by atoms with van der Waals surface area (Å²) in [6.07, 6.45) is -3.04. The van der Waals surface area contributed by atoms with Gasteiger partial charge < -0.3 is 4.57 Å². The minimum atomic E-state index is -4.47. The van der Waals surface area contributed by atoms with Gasteiger partial charge in [-0.2, -0.15) is 18.4 Å². The molecule has 0 amide bonds. The molecule has 0 radical (unpaired) electrons. The van der Waals surface area contributed by atoms with Crippen LogP contribution in [0.3, 0.4) is 0 Å². The molecule has 0 spiro atoms. The third-order valence-electron chi connectivity index (χ3n) is 2.39. The molecule has 0 bridgehead atoms. The number of rotatable bonds is 1. The Balaban J connectivity index is 2.71. The molecule has 0 aliphatic heterocycles. The standard InChI is InChI=1S/C12H6BrF3N2/c13-8-3-4-10(12(14,15)16)11(6-8)18-5-1-2-9(18)7-17/h1-6H. The highest BCUT2D eigenvalue weighted by Crippen LogP contribution is 2.35. The Labute approximate surface area is 109 Å². The number of alkyl halides is 3. The molecule has 2 aromatic rings. The Hall–Kier alpha value is -1.74. The van der Waals surface area contributed by atoms with Gasteiger partial charge in [-0.25, -0.2) is 0 Å². The lowest BCUT2D eigenvalue weighted by Gasteiger charge is -2.14. The van der Waals surface area contributed by atoms with Gasteiger partial charge in [-0.3, -0.25) is 0 Å². The number of nitrogens with zero attached hydrogens (tertiary/aromatic N) is 2. The van der Waals surface area contributed by atoms with E-state index in [1.165, 1.54) is 35.0 Å². The van der Waals surface area contributed by atoms with Crippen molar-refractivity contribution in [3.8, 4) is 11.8 Å². The zero-order valence-corrected chi connectivity index (χ0v) is 10.5. The Kier molecular flexibility index (Phi) is 3.18. The molecule has 18 heavy (non-hydrogen) atoms. The molecule has 1 heterocycles. The zero-order chi connectivity index (χ0) is 13.3. The number of nitriles is 1. The van der Waals surface area contributed by atoms with Gasteiger partial charge in [0.25, 0.3) is 0 Å². The van der Waals surface area contributed by atoms with Gasteiger partial charge >= 0.3 is 6.18 Å². The normalized spacial score (nSPS) is 11.3. The zero-order valence-electron chi connectivity index (χ0n) is 8.87. The second-order valence-electron chi connectivity index (χ2n) is 3.53. The van der Waals surface area contributed by atoms with E-state index in [-0.39, 0.29) is 11.4 Å². The van der Waals surface area contributed by atoms with Gasteiger partial charge in [0.05, 0.1) is 11.3 Å². The van der Waals surface area contributed by atoms with Crippen molar-refractivity contribution >= 4 is 15.9 Å². The molecule has 0 fully saturated rings. The average Bonchev–Trinajstić information content (AvgIpc) is 2.75. The topological polar surface area (TPSA) is 28.7 Å². The fourth-order valence-electron chi connectivity index (χ4n) is 1.63. The molecule has 2 rings (SSSR count). The van der Waals surface area contributed by atoms with E-state index in [1.807, 2.05) is 6.07 Å². The first kappa shape index (κ1) is 12.7. The van der Waals surface area contributed by atoms with E-state index in [9.17, 15) is 13.2 Å². The van der Waals surface area contributed by atoms with E-state index in [0.717, 1.165) is 6.07 Å². The quantitative estimate of drug-likeness (QED) is 0.778. The number of hydrogen-bond donors (Lipinski definition) is 0. The van der Waals surface area contributed by atoms with Crippen LogP contribution in [0.2, 0.25) is 0 Å². The van der Waals surface area contributed by atoms with Gasteiger partial charge in [0, 0.05) is 10.7 Å². The molecular weight excluding hydrogens is 309 g/mol. The van der Waals surface area contributed by atoms with Crippen LogP contribution in [0, 0.1) is 11.3 Å². The molecule has 0 aliphatic carbocycles. The molecular formula is C12H6BrF3N2. The van der Waals surface area contributed by atoms with Crippen LogP contribution in [0.25, 0.3) is 5.69 Å². The number of hydrogen-bond acceptors (Lipinski definition) is 1. The third-order valence-corrected chi connectivity index (χ3v) is 2.88. The largest absolute Gasteiger partial charge is 0.418 e. The molecule has 0 aliphatic rings. The lowest BCUT2D eigenvalue weighted by Crippen LogP contribution is -2.11. The summed E-state index contributed by atoms with van der Waals surface area (Å²) in [6, 6.07) is 8.48. The second kappa shape index (κ2) is 4.50. The molecule has 2 nitrogen and oxygen atoms in total. The van der Waals surface area contributed by atoms with Crippen molar-refractivity contribution in [1.82, 2.24) is 4.57 Å². The highest BCUT2D eigenvalue weighted by molar-refractivity contribution is 9.10. The Bertz CT molecular complexity index is 623. The summed E-state index contributed by atoms with van der Waals surface area (Å²) >= 11 is 3.13. The van der Waals surface area contributed by atoms with E-state index < -0.39 is 11.7 Å². The predicted octanol–water partition coefficient (Wildman–Crippen LogP) is 4.13. The maximum atomic E-state index is 12.9. The number of aromatic nitrogens is 1. The van der Waals surface area contributed by atoms with Crippen molar-refractivity contribution in [3.05, 3.63) is 52.3 Å². The Morgan fingerprint density at radius 1 is 1.22 bits per heavy atom. The smallest absolute Gasteiger partial charge is 0.308 e. The van der Waals surface area contributed by atoms with E-state index in [0.29, 0.717) is 4.47 Å². The molecule has 0 saturated heterocycles. The SMILES string of the molecule is N#Cc1cccn1-c1cc(Br)ccc1C(F)(F)F. The van der Waals surface area contributed by atoms with Crippen LogP contribution in [0.4, 0.5) is 13.2 Å².